The molecule has 2 aromatic carbocycles. The van der Waals surface area contributed by atoms with Gasteiger partial charge in [0.1, 0.15) is 19.5 Å². The van der Waals surface area contributed by atoms with E-state index in [1.165, 1.54) is 17.5 Å². The summed E-state index contributed by atoms with van der Waals surface area (Å²) in [5.74, 6) is 2.30. The average molecular weight is 474 g/mol. The highest BCUT2D eigenvalue weighted by atomic mass is 32.1. The Balaban J connectivity index is 0.000000489. The molecule has 0 bridgehead atoms. The third kappa shape index (κ3) is 8.03. The van der Waals surface area contributed by atoms with Crippen LogP contribution in [-0.2, 0) is 0 Å². The van der Waals surface area contributed by atoms with E-state index in [9.17, 15) is 4.79 Å². The van der Waals surface area contributed by atoms with Crippen LogP contribution in [0.1, 0.15) is 59.6 Å². The number of benzene rings is 2. The first kappa shape index (κ1) is 27.2. The van der Waals surface area contributed by atoms with Crippen LogP contribution in [0.25, 0.3) is 0 Å². The van der Waals surface area contributed by atoms with Crippen molar-refractivity contribution >= 4 is 18.9 Å². The molecule has 3 unspecified atom stereocenters. The SMILES string of the molecule is CC(NC1CCC(c2ccc(C=O)cc2)C1)c1cccc2c1OCCO2.CNCCN.CS. The number of ether oxygens (including phenoxy) is 2. The van der Waals surface area contributed by atoms with Crippen molar-refractivity contribution in [3.05, 3.63) is 59.2 Å². The van der Waals surface area contributed by atoms with Crippen LogP contribution in [0.2, 0.25) is 0 Å². The molecule has 0 radical (unpaired) electrons. The Morgan fingerprint density at radius 3 is 2.48 bits per heavy atom. The third-order valence-electron chi connectivity index (χ3n) is 5.92. The van der Waals surface area contributed by atoms with Gasteiger partial charge in [0.15, 0.2) is 11.5 Å². The summed E-state index contributed by atoms with van der Waals surface area (Å²) < 4.78 is 11.6. The Hall–Kier alpha value is -2.06. The minimum absolute atomic E-state index is 0.216. The van der Waals surface area contributed by atoms with Crippen molar-refractivity contribution in [1.82, 2.24) is 10.6 Å². The molecule has 0 aromatic heterocycles. The van der Waals surface area contributed by atoms with Gasteiger partial charge in [0.2, 0.25) is 0 Å². The van der Waals surface area contributed by atoms with Crippen molar-refractivity contribution in [3.8, 4) is 11.5 Å². The molecule has 33 heavy (non-hydrogen) atoms. The monoisotopic (exact) mass is 473 g/mol. The molecule has 2 aromatic rings. The predicted molar refractivity (Wildman–Crippen MR) is 139 cm³/mol. The summed E-state index contributed by atoms with van der Waals surface area (Å²) in [6.45, 7) is 5.07. The molecule has 1 aliphatic carbocycles. The van der Waals surface area contributed by atoms with Gasteiger partial charge in [-0.05, 0) is 57.0 Å². The number of rotatable bonds is 7. The van der Waals surface area contributed by atoms with Crippen LogP contribution < -0.4 is 25.8 Å². The fraction of sp³-hybridized carbons (Fsp3) is 0.500. The lowest BCUT2D eigenvalue weighted by molar-refractivity contribution is 0.112. The molecule has 182 valence electrons. The van der Waals surface area contributed by atoms with E-state index in [2.05, 4.69) is 48.4 Å². The molecule has 1 saturated carbocycles. The molecule has 1 heterocycles. The second kappa shape index (κ2) is 15.0. The largest absolute Gasteiger partial charge is 0.486 e. The van der Waals surface area contributed by atoms with Crippen LogP contribution >= 0.6 is 12.6 Å². The molecular formula is C26H39N3O3S. The van der Waals surface area contributed by atoms with Gasteiger partial charge in [-0.15, -0.1) is 0 Å². The number of carbonyl (C=O) groups is 1. The summed E-state index contributed by atoms with van der Waals surface area (Å²) in [5, 5.41) is 6.67. The molecule has 2 aliphatic rings. The quantitative estimate of drug-likeness (QED) is 0.360. The minimum Gasteiger partial charge on any atom is -0.486 e. The van der Waals surface area contributed by atoms with Gasteiger partial charge in [-0.1, -0.05) is 36.4 Å². The number of hydrogen-bond donors (Lipinski definition) is 4. The zero-order valence-electron chi connectivity index (χ0n) is 20.0. The molecule has 4 rings (SSSR count). The Morgan fingerprint density at radius 1 is 1.12 bits per heavy atom. The Morgan fingerprint density at radius 2 is 1.85 bits per heavy atom. The molecule has 0 saturated heterocycles. The lowest BCUT2D eigenvalue weighted by atomic mass is 9.96. The van der Waals surface area contributed by atoms with Crippen LogP contribution in [0.5, 0.6) is 11.5 Å². The van der Waals surface area contributed by atoms with Crippen molar-refractivity contribution in [3.63, 3.8) is 0 Å². The number of hydrogen-bond acceptors (Lipinski definition) is 7. The van der Waals surface area contributed by atoms with Crippen LogP contribution in [0.15, 0.2) is 42.5 Å². The molecule has 7 heteroatoms. The van der Waals surface area contributed by atoms with Gasteiger partial charge in [-0.3, -0.25) is 4.79 Å². The van der Waals surface area contributed by atoms with Gasteiger partial charge in [0.05, 0.1) is 0 Å². The molecule has 1 fully saturated rings. The second-order valence-corrected chi connectivity index (χ2v) is 8.14. The van der Waals surface area contributed by atoms with E-state index in [4.69, 9.17) is 15.2 Å². The molecule has 3 atom stereocenters. The van der Waals surface area contributed by atoms with Crippen LogP contribution in [0.4, 0.5) is 0 Å². The number of nitrogens with two attached hydrogens (primary N) is 1. The summed E-state index contributed by atoms with van der Waals surface area (Å²) in [4.78, 5) is 10.8. The molecule has 6 nitrogen and oxygen atoms in total. The van der Waals surface area contributed by atoms with Crippen LogP contribution in [0.3, 0.4) is 0 Å². The molecule has 4 N–H and O–H groups in total. The lowest BCUT2D eigenvalue weighted by Crippen LogP contribution is -2.30. The first-order valence-electron chi connectivity index (χ1n) is 11.6. The molecule has 0 amide bonds. The summed E-state index contributed by atoms with van der Waals surface area (Å²) in [7, 11) is 1.88. The highest BCUT2D eigenvalue weighted by molar-refractivity contribution is 7.79. The van der Waals surface area contributed by atoms with E-state index >= 15 is 0 Å². The fourth-order valence-corrected chi connectivity index (χ4v) is 4.31. The summed E-state index contributed by atoms with van der Waals surface area (Å²) in [6, 6.07) is 14.9. The number of aldehydes is 1. The van der Waals surface area contributed by atoms with Crippen molar-refractivity contribution < 1.29 is 14.3 Å². The van der Waals surface area contributed by atoms with Crippen LogP contribution in [0, 0.1) is 0 Å². The van der Waals surface area contributed by atoms with E-state index < -0.39 is 0 Å². The molecular weight excluding hydrogens is 434 g/mol. The van der Waals surface area contributed by atoms with Gasteiger partial charge in [-0.2, -0.15) is 12.6 Å². The van der Waals surface area contributed by atoms with Gasteiger partial charge in [0.25, 0.3) is 0 Å². The van der Waals surface area contributed by atoms with E-state index in [-0.39, 0.29) is 6.04 Å². The lowest BCUT2D eigenvalue weighted by Gasteiger charge is -2.26. The third-order valence-corrected chi connectivity index (χ3v) is 5.92. The van der Waals surface area contributed by atoms with Crippen LogP contribution in [-0.4, -0.2) is 51.9 Å². The van der Waals surface area contributed by atoms with Gasteiger partial charge in [0, 0.05) is 36.3 Å². The zero-order valence-corrected chi connectivity index (χ0v) is 20.9. The molecule has 0 spiro atoms. The average Bonchev–Trinajstić information content (AvgIpc) is 3.34. The normalized spacial score (nSPS) is 19.4. The van der Waals surface area contributed by atoms with E-state index in [1.807, 2.05) is 31.3 Å². The number of carbonyl (C=O) groups excluding carboxylic acids is 1. The van der Waals surface area contributed by atoms with E-state index in [1.54, 1.807) is 6.26 Å². The number of fused-ring (bicyclic) bond motifs is 1. The first-order chi connectivity index (χ1) is 16.2. The molecule has 1 aliphatic heterocycles. The summed E-state index contributed by atoms with van der Waals surface area (Å²) in [6.07, 6.45) is 6.06. The highest BCUT2D eigenvalue weighted by Crippen LogP contribution is 2.39. The van der Waals surface area contributed by atoms with Gasteiger partial charge in [-0.25, -0.2) is 0 Å². The Labute approximate surface area is 204 Å². The minimum atomic E-state index is 0.216. The number of likely N-dealkylation sites (N-methyl/N-ethyl adjacent to an activating group) is 1. The number of para-hydroxylation sites is 1. The maximum atomic E-state index is 10.8. The highest BCUT2D eigenvalue weighted by Gasteiger charge is 2.28. The Bertz CT molecular complexity index is 830. The van der Waals surface area contributed by atoms with Crippen molar-refractivity contribution in [1.29, 1.82) is 0 Å². The smallest absolute Gasteiger partial charge is 0.166 e. The first-order valence-corrected chi connectivity index (χ1v) is 12.5. The van der Waals surface area contributed by atoms with Crippen molar-refractivity contribution in [2.24, 2.45) is 5.73 Å². The second-order valence-electron chi connectivity index (χ2n) is 8.14. The zero-order chi connectivity index (χ0) is 24.1. The fourth-order valence-electron chi connectivity index (χ4n) is 4.31. The van der Waals surface area contributed by atoms with Gasteiger partial charge >= 0.3 is 0 Å². The van der Waals surface area contributed by atoms with E-state index in [0.29, 0.717) is 25.2 Å². The Kier molecular flexibility index (Phi) is 12.3. The van der Waals surface area contributed by atoms with Crippen molar-refractivity contribution in [2.75, 3.05) is 39.6 Å². The predicted octanol–water partition coefficient (Wildman–Crippen LogP) is 3.97. The summed E-state index contributed by atoms with van der Waals surface area (Å²) in [5.41, 5.74) is 8.32. The van der Waals surface area contributed by atoms with E-state index in [0.717, 1.165) is 49.3 Å². The standard InChI is InChI=1S/C22H25NO3.C3H10N2.CH4S/c1-15(20-3-2-4-21-22(20)26-12-11-25-21)23-19-10-9-18(13-19)17-7-5-16(14-24)6-8-17;1-5-3-2-4;1-2/h2-8,14-15,18-19,23H,9-13H2,1H3;5H,2-4H2,1H3;2H,1H3. The van der Waals surface area contributed by atoms with Crippen molar-refractivity contribution in [2.45, 2.75) is 44.2 Å². The van der Waals surface area contributed by atoms with Gasteiger partial charge < -0.3 is 25.8 Å². The summed E-state index contributed by atoms with van der Waals surface area (Å²) >= 11 is 3.53. The maximum absolute atomic E-state index is 10.8. The number of nitrogens with one attached hydrogen (secondary N) is 2. The number of thiol groups is 1. The maximum Gasteiger partial charge on any atom is 0.166 e. The topological polar surface area (TPSA) is 85.6 Å².